The standard InChI is InChI=1S/C62H96N20O17S2/c1-32(2)18-42(59(96)77-40(54(64)91)16-17-100-9)78-60(97)44(20-37-22-65-30-71-37)75-51(89)26-70-62(99)53(33(3)4)81-55(92)34(5)73-58(95)43(19-36-21-66-39-13-11-10-12-38(36)39)79-57(94)41(14-15-47(63)85)74-50(88)25-68-48(86)23-67-49(87)24-69-56(93)46(29-101-31-72-35(6)84)80-61(98)45(28-83)76-52(90)27-82(7)8/h10-13,21-22,30,32-34,40-46,53,66,83H,14-20,23-29,31H2,1-9H3,(H2,63,85)(H2,64,91)(H,65,71)(H,67,87)(H,68,86)(H,69,93)(H,70,99)(H,72,84)(H,73,95)(H,74,88)(H,75,89)(H,76,90)(H,77,96)(H,78,97)(H,79,94)(H,80,98)(H,81,92)/t34-,40-,41-,42-,43-,44-,45-,46-,53-/m0/s1. The van der Waals surface area contributed by atoms with Gasteiger partial charge in [-0.1, -0.05) is 45.9 Å². The topological polar surface area (TPSA) is 562 Å². The van der Waals surface area contributed by atoms with E-state index in [0.717, 1.165) is 11.8 Å². The number of rotatable bonds is 46. The van der Waals surface area contributed by atoms with Crippen LogP contribution in [0.5, 0.6) is 0 Å². The van der Waals surface area contributed by atoms with Gasteiger partial charge in [0.15, 0.2) is 0 Å². The van der Waals surface area contributed by atoms with E-state index in [9.17, 15) is 81.8 Å². The zero-order valence-electron chi connectivity index (χ0n) is 57.8. The van der Waals surface area contributed by atoms with Gasteiger partial charge >= 0.3 is 0 Å². The zero-order valence-corrected chi connectivity index (χ0v) is 59.5. The lowest BCUT2D eigenvalue weighted by Crippen LogP contribution is -2.59. The molecule has 0 bridgehead atoms. The number of H-pyrrole nitrogens is 2. The van der Waals surface area contributed by atoms with Crippen LogP contribution in [0.25, 0.3) is 10.9 Å². The van der Waals surface area contributed by atoms with Crippen molar-refractivity contribution in [1.82, 2.24) is 94.3 Å². The number of nitrogens with zero attached hydrogens (tertiary/aromatic N) is 2. The first-order valence-electron chi connectivity index (χ1n) is 32.2. The number of primary amides is 2. The second kappa shape index (κ2) is 44.3. The highest BCUT2D eigenvalue weighted by Crippen LogP contribution is 2.20. The maximum Gasteiger partial charge on any atom is 0.245 e. The van der Waals surface area contributed by atoms with Gasteiger partial charge in [-0.25, -0.2) is 4.98 Å². The summed E-state index contributed by atoms with van der Waals surface area (Å²) in [5, 5.41) is 44.9. The number of nitrogens with one attached hydrogen (secondary N) is 16. The van der Waals surface area contributed by atoms with Crippen LogP contribution in [-0.2, 0) is 89.6 Å². The first kappa shape index (κ1) is 85.3. The Morgan fingerprint density at radius 2 is 1.11 bits per heavy atom. The molecule has 3 rings (SSSR count). The number of benzene rings is 1. The number of carbonyl (C=O) groups is 16. The van der Waals surface area contributed by atoms with Gasteiger partial charge < -0.3 is 106 Å². The first-order chi connectivity index (χ1) is 47.7. The smallest absolute Gasteiger partial charge is 0.245 e. The summed E-state index contributed by atoms with van der Waals surface area (Å²) in [5.74, 6) is -13.5. The third kappa shape index (κ3) is 32.3. The van der Waals surface area contributed by atoms with E-state index in [2.05, 4.69) is 89.4 Å². The average Bonchev–Trinajstić information content (AvgIpc) is 1.71. The monoisotopic (exact) mass is 1460 g/mol. The van der Waals surface area contributed by atoms with Gasteiger partial charge in [-0.05, 0) is 75.8 Å². The molecule has 0 saturated carbocycles. The lowest BCUT2D eigenvalue weighted by molar-refractivity contribution is -0.135. The number of thioether (sulfide) groups is 2. The van der Waals surface area contributed by atoms with Crippen molar-refractivity contribution >= 4 is 129 Å². The van der Waals surface area contributed by atoms with Crippen LogP contribution in [0.2, 0.25) is 0 Å². The highest BCUT2D eigenvalue weighted by atomic mass is 32.2. The summed E-state index contributed by atoms with van der Waals surface area (Å²) in [6.45, 7) is 5.50. The van der Waals surface area contributed by atoms with E-state index in [4.69, 9.17) is 11.5 Å². The predicted molar refractivity (Wildman–Crippen MR) is 371 cm³/mol. The van der Waals surface area contributed by atoms with Crippen LogP contribution in [0.3, 0.4) is 0 Å². The molecular formula is C62H96N20O17S2. The highest BCUT2D eigenvalue weighted by Gasteiger charge is 2.35. The number of amides is 16. The Morgan fingerprint density at radius 3 is 1.70 bits per heavy atom. The molecule has 21 N–H and O–H groups in total. The van der Waals surface area contributed by atoms with Crippen LogP contribution in [-0.4, -0.2) is 251 Å². The Hall–Kier alpha value is -9.89. The second-order valence-corrected chi connectivity index (χ2v) is 26.4. The van der Waals surface area contributed by atoms with Crippen molar-refractivity contribution in [3.63, 3.8) is 0 Å². The van der Waals surface area contributed by atoms with Crippen LogP contribution >= 0.6 is 23.5 Å². The molecule has 2 heterocycles. The number of likely N-dealkylation sites (N-methyl/N-ethyl adjacent to an activating group) is 1. The van der Waals surface area contributed by atoms with Crippen LogP contribution in [0, 0.1) is 11.8 Å². The molecule has 9 atom stereocenters. The summed E-state index contributed by atoms with van der Waals surface area (Å²) in [6.07, 6.45) is 5.38. The van der Waals surface area contributed by atoms with Crippen molar-refractivity contribution < 1.29 is 81.8 Å². The van der Waals surface area contributed by atoms with Crippen LogP contribution < -0.4 is 85.9 Å². The maximum absolute atomic E-state index is 14.3. The second-order valence-electron chi connectivity index (χ2n) is 24.4. The minimum atomic E-state index is -1.58. The normalized spacial score (nSPS) is 13.8. The summed E-state index contributed by atoms with van der Waals surface area (Å²) in [6, 6.07) is -5.09. The predicted octanol–water partition coefficient (Wildman–Crippen LogP) is -6.89. The molecule has 0 radical (unpaired) electrons. The molecule has 0 spiro atoms. The number of aromatic nitrogens is 3. The molecule has 39 heteroatoms. The van der Waals surface area contributed by atoms with Crippen molar-refractivity contribution in [2.24, 2.45) is 23.3 Å². The third-order valence-electron chi connectivity index (χ3n) is 14.7. The molecule has 0 aliphatic carbocycles. The van der Waals surface area contributed by atoms with Gasteiger partial charge in [0.05, 0.1) is 51.5 Å². The molecule has 558 valence electrons. The van der Waals surface area contributed by atoms with Gasteiger partial charge in [-0.2, -0.15) is 11.8 Å². The van der Waals surface area contributed by atoms with Gasteiger partial charge in [-0.15, -0.1) is 11.8 Å². The Balaban J connectivity index is 1.70. The lowest BCUT2D eigenvalue weighted by atomic mass is 10.0. The number of fused-ring (bicyclic) bond motifs is 1. The third-order valence-corrected chi connectivity index (χ3v) is 16.2. The summed E-state index contributed by atoms with van der Waals surface area (Å²) < 4.78 is 0. The van der Waals surface area contributed by atoms with Gasteiger partial charge in [0.25, 0.3) is 0 Å². The SMILES string of the molecule is CSCC[C@H](NC(=O)[C@H](CC(C)C)NC(=O)[C@H](Cc1cnc[nH]1)NC(=O)CNC(=O)[C@@H](NC(=O)[C@H](C)NC(=O)[C@H](Cc1c[nH]c2ccccc12)NC(=O)[C@H](CCC(N)=O)NC(=O)CNC(=O)CNC(=O)CNC(=O)[C@H](CSCNC(C)=O)NC(=O)[C@H](CO)NC(=O)CN(C)C)C(C)C)C(N)=O. The highest BCUT2D eigenvalue weighted by molar-refractivity contribution is 7.99. The summed E-state index contributed by atoms with van der Waals surface area (Å²) >= 11 is 2.47. The molecular weight excluding hydrogens is 1360 g/mol. The van der Waals surface area contributed by atoms with Crippen LogP contribution in [0.15, 0.2) is 43.0 Å². The maximum atomic E-state index is 14.3. The average molecular weight is 1460 g/mol. The minimum absolute atomic E-state index is 0.0318. The van der Waals surface area contributed by atoms with Crippen molar-refractivity contribution in [2.45, 2.75) is 134 Å². The number of para-hydroxylation sites is 1. The lowest BCUT2D eigenvalue weighted by Gasteiger charge is -2.26. The Morgan fingerprint density at radius 1 is 0.564 bits per heavy atom. The number of carbonyl (C=O) groups excluding carboxylic acids is 16. The largest absolute Gasteiger partial charge is 0.394 e. The minimum Gasteiger partial charge on any atom is -0.394 e. The number of hydrogen-bond acceptors (Lipinski definition) is 21. The summed E-state index contributed by atoms with van der Waals surface area (Å²) in [5.41, 5.74) is 12.6. The first-order valence-corrected chi connectivity index (χ1v) is 34.7. The van der Waals surface area contributed by atoms with Crippen LogP contribution in [0.1, 0.15) is 78.5 Å². The van der Waals surface area contributed by atoms with Gasteiger partial charge in [0.1, 0.15) is 54.4 Å². The fourth-order valence-electron chi connectivity index (χ4n) is 9.39. The van der Waals surface area contributed by atoms with Gasteiger partial charge in [0, 0.05) is 60.9 Å². The number of aliphatic hydroxyl groups excluding tert-OH is 1. The van der Waals surface area contributed by atoms with E-state index in [1.807, 2.05) is 20.1 Å². The van der Waals surface area contributed by atoms with E-state index in [0.29, 0.717) is 27.9 Å². The summed E-state index contributed by atoms with van der Waals surface area (Å²) in [7, 11) is 3.21. The number of aromatic amines is 2. The van der Waals surface area contributed by atoms with E-state index < -0.39 is 195 Å². The van der Waals surface area contributed by atoms with E-state index in [1.54, 1.807) is 58.4 Å². The summed E-state index contributed by atoms with van der Waals surface area (Å²) in [4.78, 5) is 222. The molecule has 101 heavy (non-hydrogen) atoms. The fourth-order valence-corrected chi connectivity index (χ4v) is 10.8. The van der Waals surface area contributed by atoms with E-state index in [1.165, 1.54) is 43.0 Å². The molecule has 0 fully saturated rings. The molecule has 0 unspecified atom stereocenters. The number of imidazole rings is 1. The van der Waals surface area contributed by atoms with Gasteiger partial charge in [-0.3, -0.25) is 76.7 Å². The molecule has 2 aromatic heterocycles. The van der Waals surface area contributed by atoms with Crippen LogP contribution in [0.4, 0.5) is 0 Å². The van der Waals surface area contributed by atoms with Crippen molar-refractivity contribution in [1.29, 1.82) is 0 Å². The molecule has 0 saturated heterocycles. The Labute approximate surface area is 591 Å². The zero-order chi connectivity index (χ0) is 75.5. The van der Waals surface area contributed by atoms with Gasteiger partial charge in [0.2, 0.25) is 94.5 Å². The molecule has 1 aromatic carbocycles. The molecule has 37 nitrogen and oxygen atoms in total. The Bertz CT molecular complexity index is 3350. The van der Waals surface area contributed by atoms with Crippen molar-refractivity contribution in [3.8, 4) is 0 Å². The van der Waals surface area contributed by atoms with Crippen molar-refractivity contribution in [2.75, 3.05) is 77.1 Å². The number of hydrogen-bond donors (Lipinski definition) is 19. The Kier molecular flexibility index (Phi) is 37.4. The quantitative estimate of drug-likeness (QED) is 0.0185. The molecule has 16 amide bonds. The molecule has 0 aliphatic heterocycles. The number of aliphatic hydroxyl groups is 1. The van der Waals surface area contributed by atoms with E-state index >= 15 is 0 Å². The molecule has 3 aromatic rings. The van der Waals surface area contributed by atoms with E-state index in [-0.39, 0.29) is 55.7 Å². The number of nitrogens with two attached hydrogens (primary N) is 2. The fraction of sp³-hybridized carbons (Fsp3) is 0.565. The molecule has 0 aliphatic rings. The van der Waals surface area contributed by atoms with Crippen molar-refractivity contribution in [3.05, 3.63) is 54.2 Å².